The second-order valence-electron chi connectivity index (χ2n) is 3.03. The Hall–Kier alpha value is -0.530. The SMILES string of the molecule is CC(=O)[C@H]1O[C@H](O)[C@H](O)[C@@H](O)[C@@H]1O. The maximum Gasteiger partial charge on any atom is 0.184 e. The van der Waals surface area contributed by atoms with Crippen LogP contribution in [0.4, 0.5) is 0 Å². The first kappa shape index (κ1) is 10.6. The number of rotatable bonds is 1. The van der Waals surface area contributed by atoms with E-state index in [0.29, 0.717) is 0 Å². The molecule has 0 aromatic carbocycles. The van der Waals surface area contributed by atoms with Gasteiger partial charge in [-0.05, 0) is 6.92 Å². The first-order valence-corrected chi connectivity index (χ1v) is 3.83. The van der Waals surface area contributed by atoms with Crippen LogP contribution in [0.5, 0.6) is 0 Å². The summed E-state index contributed by atoms with van der Waals surface area (Å²) in [6.07, 6.45) is -7.60. The van der Waals surface area contributed by atoms with Gasteiger partial charge in [0.1, 0.15) is 24.4 Å². The number of aliphatic hydroxyl groups excluding tert-OH is 4. The maximum atomic E-state index is 10.8. The Kier molecular flexibility index (Phi) is 2.99. The number of carbonyl (C=O) groups is 1. The molecule has 1 aliphatic heterocycles. The van der Waals surface area contributed by atoms with Gasteiger partial charge in [0.2, 0.25) is 0 Å². The Bertz CT molecular complexity index is 205. The molecule has 1 aliphatic rings. The van der Waals surface area contributed by atoms with E-state index >= 15 is 0 Å². The fraction of sp³-hybridized carbons (Fsp3) is 0.857. The molecule has 0 aliphatic carbocycles. The van der Waals surface area contributed by atoms with Gasteiger partial charge < -0.3 is 25.2 Å². The highest BCUT2D eigenvalue weighted by atomic mass is 16.6. The monoisotopic (exact) mass is 192 g/mol. The van der Waals surface area contributed by atoms with Crippen LogP contribution in [0.1, 0.15) is 6.92 Å². The second-order valence-corrected chi connectivity index (χ2v) is 3.03. The van der Waals surface area contributed by atoms with Gasteiger partial charge in [-0.1, -0.05) is 0 Å². The van der Waals surface area contributed by atoms with Crippen LogP contribution in [0, 0.1) is 0 Å². The Morgan fingerprint density at radius 3 is 2.08 bits per heavy atom. The van der Waals surface area contributed by atoms with Gasteiger partial charge in [0.05, 0.1) is 0 Å². The number of carbonyl (C=O) groups excluding carboxylic acids is 1. The Morgan fingerprint density at radius 2 is 1.62 bits per heavy atom. The number of aliphatic hydroxyl groups is 4. The number of hydrogen-bond donors (Lipinski definition) is 4. The molecule has 1 rings (SSSR count). The van der Waals surface area contributed by atoms with Crippen molar-refractivity contribution in [2.75, 3.05) is 0 Å². The highest BCUT2D eigenvalue weighted by molar-refractivity contribution is 5.81. The highest BCUT2D eigenvalue weighted by Crippen LogP contribution is 2.20. The van der Waals surface area contributed by atoms with Gasteiger partial charge in [-0.25, -0.2) is 0 Å². The molecule has 6 heteroatoms. The standard InChI is InChI=1S/C7H12O6/c1-2(8)6-4(10)3(9)5(11)7(12)13-6/h3-7,9-12H,1H3/t3-,4-,5+,6+,7-/m0/s1. The summed E-state index contributed by atoms with van der Waals surface area (Å²) >= 11 is 0. The molecule has 13 heavy (non-hydrogen) atoms. The van der Waals surface area contributed by atoms with E-state index in [9.17, 15) is 9.90 Å². The van der Waals surface area contributed by atoms with Crippen molar-refractivity contribution in [3.63, 3.8) is 0 Å². The summed E-state index contributed by atoms with van der Waals surface area (Å²) in [5.41, 5.74) is 0. The molecular formula is C7H12O6. The summed E-state index contributed by atoms with van der Waals surface area (Å²) < 4.78 is 4.59. The Morgan fingerprint density at radius 1 is 1.08 bits per heavy atom. The zero-order valence-corrected chi connectivity index (χ0v) is 6.99. The van der Waals surface area contributed by atoms with E-state index in [0.717, 1.165) is 6.92 Å². The van der Waals surface area contributed by atoms with Crippen LogP contribution in [-0.2, 0) is 9.53 Å². The van der Waals surface area contributed by atoms with E-state index in [4.69, 9.17) is 15.3 Å². The molecule has 1 saturated heterocycles. The fourth-order valence-corrected chi connectivity index (χ4v) is 1.20. The van der Waals surface area contributed by atoms with Gasteiger partial charge >= 0.3 is 0 Å². The van der Waals surface area contributed by atoms with Gasteiger partial charge in [-0.15, -0.1) is 0 Å². The highest BCUT2D eigenvalue weighted by Gasteiger charge is 2.44. The summed E-state index contributed by atoms with van der Waals surface area (Å²) in [4.78, 5) is 10.8. The van der Waals surface area contributed by atoms with Crippen molar-refractivity contribution < 1.29 is 30.0 Å². The van der Waals surface area contributed by atoms with E-state index < -0.39 is 36.5 Å². The second kappa shape index (κ2) is 3.69. The minimum atomic E-state index is -1.65. The van der Waals surface area contributed by atoms with E-state index in [1.165, 1.54) is 0 Å². The number of hydrogen-bond acceptors (Lipinski definition) is 6. The Balaban J connectivity index is 2.76. The average Bonchev–Trinajstić information content (AvgIpc) is 2.07. The van der Waals surface area contributed by atoms with Crippen LogP contribution in [0.25, 0.3) is 0 Å². The minimum absolute atomic E-state index is 0.516. The van der Waals surface area contributed by atoms with Crippen LogP contribution in [-0.4, -0.2) is 56.9 Å². The van der Waals surface area contributed by atoms with Gasteiger partial charge in [0.15, 0.2) is 12.1 Å². The van der Waals surface area contributed by atoms with Crippen LogP contribution in [0.2, 0.25) is 0 Å². The Labute approximate surface area is 74.4 Å². The van der Waals surface area contributed by atoms with Crippen molar-refractivity contribution in [2.45, 2.75) is 37.6 Å². The topological polar surface area (TPSA) is 107 Å². The summed E-state index contributed by atoms with van der Waals surface area (Å²) in [5.74, 6) is -0.516. The van der Waals surface area contributed by atoms with E-state index in [-0.39, 0.29) is 0 Å². The lowest BCUT2D eigenvalue weighted by Crippen LogP contribution is -2.59. The molecule has 1 fully saturated rings. The lowest BCUT2D eigenvalue weighted by molar-refractivity contribution is -0.274. The molecule has 0 amide bonds. The van der Waals surface area contributed by atoms with Gasteiger partial charge in [-0.3, -0.25) is 4.79 Å². The van der Waals surface area contributed by atoms with Crippen LogP contribution in [0.3, 0.4) is 0 Å². The van der Waals surface area contributed by atoms with Crippen molar-refractivity contribution in [3.05, 3.63) is 0 Å². The predicted molar refractivity (Wildman–Crippen MR) is 39.6 cm³/mol. The number of ketones is 1. The molecule has 4 N–H and O–H groups in total. The third kappa shape index (κ3) is 1.87. The van der Waals surface area contributed by atoms with Gasteiger partial charge in [-0.2, -0.15) is 0 Å². The molecule has 0 spiro atoms. The third-order valence-electron chi connectivity index (χ3n) is 1.99. The smallest absolute Gasteiger partial charge is 0.184 e. The summed E-state index contributed by atoms with van der Waals surface area (Å²) in [6, 6.07) is 0. The number of ether oxygens (including phenoxy) is 1. The quantitative estimate of drug-likeness (QED) is 0.362. The zero-order valence-electron chi connectivity index (χ0n) is 6.99. The lowest BCUT2D eigenvalue weighted by atomic mass is 9.97. The van der Waals surface area contributed by atoms with Crippen LogP contribution < -0.4 is 0 Å². The number of Topliss-reactive ketones (excluding diaryl/α,β-unsaturated/α-hetero) is 1. The molecule has 0 saturated carbocycles. The van der Waals surface area contributed by atoms with Gasteiger partial charge in [0, 0.05) is 0 Å². The largest absolute Gasteiger partial charge is 0.387 e. The molecule has 0 aromatic heterocycles. The minimum Gasteiger partial charge on any atom is -0.387 e. The molecule has 0 radical (unpaired) electrons. The molecule has 1 heterocycles. The summed E-state index contributed by atoms with van der Waals surface area (Å²) in [7, 11) is 0. The summed E-state index contributed by atoms with van der Waals surface area (Å²) in [6.45, 7) is 1.16. The average molecular weight is 192 g/mol. The molecule has 5 atom stereocenters. The van der Waals surface area contributed by atoms with Crippen LogP contribution in [0.15, 0.2) is 0 Å². The van der Waals surface area contributed by atoms with E-state index in [2.05, 4.69) is 4.74 Å². The first-order valence-electron chi connectivity index (χ1n) is 3.83. The fourth-order valence-electron chi connectivity index (χ4n) is 1.20. The lowest BCUT2D eigenvalue weighted by Gasteiger charge is -2.37. The summed E-state index contributed by atoms with van der Waals surface area (Å²) in [5, 5.41) is 36.4. The van der Waals surface area contributed by atoms with Crippen molar-refractivity contribution >= 4 is 5.78 Å². The van der Waals surface area contributed by atoms with Crippen molar-refractivity contribution in [2.24, 2.45) is 0 Å². The van der Waals surface area contributed by atoms with Crippen LogP contribution >= 0.6 is 0 Å². The van der Waals surface area contributed by atoms with Gasteiger partial charge in [0.25, 0.3) is 0 Å². The molecule has 0 bridgehead atoms. The normalized spacial score (nSPS) is 46.1. The third-order valence-corrected chi connectivity index (χ3v) is 1.99. The molecule has 0 aromatic rings. The van der Waals surface area contributed by atoms with Crippen molar-refractivity contribution in [1.82, 2.24) is 0 Å². The van der Waals surface area contributed by atoms with Crippen molar-refractivity contribution in [1.29, 1.82) is 0 Å². The molecule has 0 unspecified atom stereocenters. The van der Waals surface area contributed by atoms with E-state index in [1.807, 2.05) is 0 Å². The zero-order chi connectivity index (χ0) is 10.2. The maximum absolute atomic E-state index is 10.8. The van der Waals surface area contributed by atoms with E-state index in [1.54, 1.807) is 0 Å². The molecule has 76 valence electrons. The first-order chi connectivity index (χ1) is 5.95. The van der Waals surface area contributed by atoms with Crippen molar-refractivity contribution in [3.8, 4) is 0 Å². The predicted octanol–water partition coefficient (Wildman–Crippen LogP) is -2.62. The molecule has 6 nitrogen and oxygen atoms in total. The molecular weight excluding hydrogens is 180 g/mol.